The number of hydrogen-bond acceptors (Lipinski definition) is 2. The monoisotopic (exact) mass is 204 g/mol. The number of aromatic nitrogens is 1. The molecule has 0 aliphatic carbocycles. The van der Waals surface area contributed by atoms with Gasteiger partial charge in [0, 0.05) is 11.4 Å². The molecular formula is C6H6BrFN2. The molecule has 0 bridgehead atoms. The summed E-state index contributed by atoms with van der Waals surface area (Å²) in [5.41, 5.74) is 6.00. The number of alkyl halides is 1. The largest absolute Gasteiger partial charge is 0.397 e. The van der Waals surface area contributed by atoms with Crippen LogP contribution >= 0.6 is 15.9 Å². The summed E-state index contributed by atoms with van der Waals surface area (Å²) >= 11 is 3.09. The predicted octanol–water partition coefficient (Wildman–Crippen LogP) is 1.70. The first kappa shape index (κ1) is 7.47. The van der Waals surface area contributed by atoms with Crippen LogP contribution in [0.2, 0.25) is 0 Å². The second kappa shape index (κ2) is 2.96. The Balaban J connectivity index is 3.07. The molecule has 0 atom stereocenters. The van der Waals surface area contributed by atoms with Crippen LogP contribution in [0.15, 0.2) is 12.3 Å². The van der Waals surface area contributed by atoms with Crippen molar-refractivity contribution in [1.29, 1.82) is 0 Å². The molecule has 2 nitrogen and oxygen atoms in total. The van der Waals surface area contributed by atoms with Crippen molar-refractivity contribution < 1.29 is 4.39 Å². The highest BCUT2D eigenvalue weighted by molar-refractivity contribution is 9.08. The Labute approximate surface area is 66.4 Å². The van der Waals surface area contributed by atoms with Crippen molar-refractivity contribution in [1.82, 2.24) is 4.98 Å². The van der Waals surface area contributed by atoms with E-state index in [2.05, 4.69) is 20.9 Å². The molecule has 0 amide bonds. The van der Waals surface area contributed by atoms with E-state index in [-0.39, 0.29) is 5.82 Å². The number of nitrogen functional groups attached to an aromatic ring is 1. The van der Waals surface area contributed by atoms with Crippen molar-refractivity contribution in [2.75, 3.05) is 5.73 Å². The molecule has 0 fully saturated rings. The zero-order valence-electron chi connectivity index (χ0n) is 5.14. The van der Waals surface area contributed by atoms with Crippen LogP contribution in [-0.2, 0) is 5.33 Å². The fourth-order valence-electron chi connectivity index (χ4n) is 0.579. The third-order valence-corrected chi connectivity index (χ3v) is 1.60. The summed E-state index contributed by atoms with van der Waals surface area (Å²) in [6.45, 7) is 0. The molecule has 1 heterocycles. The number of nitrogens with zero attached hydrogens (tertiary/aromatic N) is 1. The molecule has 0 radical (unpaired) electrons. The van der Waals surface area contributed by atoms with E-state index in [9.17, 15) is 4.39 Å². The summed E-state index contributed by atoms with van der Waals surface area (Å²) in [7, 11) is 0. The number of nitrogens with two attached hydrogens (primary N) is 1. The van der Waals surface area contributed by atoms with Crippen molar-refractivity contribution in [3.8, 4) is 0 Å². The highest BCUT2D eigenvalue weighted by atomic mass is 79.9. The third-order valence-electron chi connectivity index (χ3n) is 1.07. The second-order valence-electron chi connectivity index (χ2n) is 1.83. The third kappa shape index (κ3) is 1.44. The van der Waals surface area contributed by atoms with Gasteiger partial charge in [0.1, 0.15) is 5.82 Å². The molecule has 0 unspecified atom stereocenters. The molecule has 1 rings (SSSR count). The van der Waals surface area contributed by atoms with Gasteiger partial charge in [0.05, 0.1) is 17.6 Å². The highest BCUT2D eigenvalue weighted by Crippen LogP contribution is 2.10. The van der Waals surface area contributed by atoms with Gasteiger partial charge in [-0.05, 0) is 0 Å². The second-order valence-corrected chi connectivity index (χ2v) is 2.39. The Hall–Kier alpha value is -0.640. The van der Waals surface area contributed by atoms with Gasteiger partial charge >= 0.3 is 0 Å². The van der Waals surface area contributed by atoms with Gasteiger partial charge in [-0.25, -0.2) is 4.39 Å². The Morgan fingerprint density at radius 2 is 2.40 bits per heavy atom. The van der Waals surface area contributed by atoms with Gasteiger partial charge in [-0.1, -0.05) is 15.9 Å². The van der Waals surface area contributed by atoms with E-state index in [1.807, 2.05) is 0 Å². The minimum absolute atomic E-state index is 0.349. The fraction of sp³-hybridized carbons (Fsp3) is 0.167. The molecule has 1 aromatic heterocycles. The van der Waals surface area contributed by atoms with Gasteiger partial charge in [-0.2, -0.15) is 0 Å². The summed E-state index contributed by atoms with van der Waals surface area (Å²) in [5.74, 6) is -0.364. The topological polar surface area (TPSA) is 38.9 Å². The number of hydrogen-bond donors (Lipinski definition) is 1. The van der Waals surface area contributed by atoms with Gasteiger partial charge < -0.3 is 5.73 Å². The SMILES string of the molecule is Nc1cnc(CBr)c(F)c1. The van der Waals surface area contributed by atoms with Crippen LogP contribution < -0.4 is 5.73 Å². The lowest BCUT2D eigenvalue weighted by Gasteiger charge is -1.96. The van der Waals surface area contributed by atoms with E-state index < -0.39 is 0 Å². The first-order valence-electron chi connectivity index (χ1n) is 2.70. The molecule has 0 spiro atoms. The maximum absolute atomic E-state index is 12.7. The van der Waals surface area contributed by atoms with E-state index >= 15 is 0 Å². The molecule has 10 heavy (non-hydrogen) atoms. The van der Waals surface area contributed by atoms with Crippen LogP contribution in [0.25, 0.3) is 0 Å². The van der Waals surface area contributed by atoms with Crippen LogP contribution in [0.3, 0.4) is 0 Å². The van der Waals surface area contributed by atoms with Gasteiger partial charge in [0.2, 0.25) is 0 Å². The molecular weight excluding hydrogens is 199 g/mol. The van der Waals surface area contributed by atoms with E-state index in [0.717, 1.165) is 0 Å². The predicted molar refractivity (Wildman–Crippen MR) is 41.2 cm³/mol. The number of halogens is 2. The lowest BCUT2D eigenvalue weighted by atomic mass is 10.3. The number of anilines is 1. The minimum Gasteiger partial charge on any atom is -0.397 e. The summed E-state index contributed by atoms with van der Waals surface area (Å²) in [4.78, 5) is 3.75. The lowest BCUT2D eigenvalue weighted by Crippen LogP contribution is -1.94. The number of pyridine rings is 1. The summed E-state index contributed by atoms with van der Waals surface area (Å²) in [6.07, 6.45) is 1.43. The van der Waals surface area contributed by atoms with Gasteiger partial charge in [-0.3, -0.25) is 4.98 Å². The van der Waals surface area contributed by atoms with Gasteiger partial charge in [-0.15, -0.1) is 0 Å². The number of rotatable bonds is 1. The van der Waals surface area contributed by atoms with E-state index in [1.165, 1.54) is 12.3 Å². The van der Waals surface area contributed by atoms with E-state index in [1.54, 1.807) is 0 Å². The smallest absolute Gasteiger partial charge is 0.147 e. The van der Waals surface area contributed by atoms with Crippen molar-refractivity contribution in [3.05, 3.63) is 23.8 Å². The Kier molecular flexibility index (Phi) is 2.21. The molecule has 0 saturated carbocycles. The Morgan fingerprint density at radius 1 is 1.70 bits per heavy atom. The fourth-order valence-corrected chi connectivity index (χ4v) is 0.992. The van der Waals surface area contributed by atoms with Crippen molar-refractivity contribution in [2.24, 2.45) is 0 Å². The first-order chi connectivity index (χ1) is 4.74. The molecule has 4 heteroatoms. The summed E-state index contributed by atoms with van der Waals surface area (Å²) in [6, 6.07) is 1.25. The summed E-state index contributed by atoms with van der Waals surface area (Å²) in [5, 5.41) is 0.416. The maximum Gasteiger partial charge on any atom is 0.147 e. The Bertz CT molecular complexity index is 239. The van der Waals surface area contributed by atoms with Crippen LogP contribution in [0.5, 0.6) is 0 Å². The molecule has 0 aliphatic heterocycles. The normalized spacial score (nSPS) is 9.80. The standard InChI is InChI=1S/C6H6BrFN2/c7-2-6-5(8)1-4(9)3-10-6/h1,3H,2,9H2. The molecule has 54 valence electrons. The molecule has 1 aromatic rings. The van der Waals surface area contributed by atoms with Gasteiger partial charge in [0.25, 0.3) is 0 Å². The molecule has 0 aliphatic rings. The van der Waals surface area contributed by atoms with Crippen molar-refractivity contribution in [2.45, 2.75) is 5.33 Å². The quantitative estimate of drug-likeness (QED) is 0.708. The first-order valence-corrected chi connectivity index (χ1v) is 3.82. The molecule has 2 N–H and O–H groups in total. The van der Waals surface area contributed by atoms with Gasteiger partial charge in [0.15, 0.2) is 0 Å². The molecule has 0 saturated heterocycles. The zero-order chi connectivity index (χ0) is 7.56. The van der Waals surface area contributed by atoms with Crippen LogP contribution in [-0.4, -0.2) is 4.98 Å². The van der Waals surface area contributed by atoms with Crippen molar-refractivity contribution in [3.63, 3.8) is 0 Å². The Morgan fingerprint density at radius 3 is 2.90 bits per heavy atom. The maximum atomic E-state index is 12.7. The van der Waals surface area contributed by atoms with Crippen molar-refractivity contribution >= 4 is 21.6 Å². The average Bonchev–Trinajstić information content (AvgIpc) is 1.88. The molecule has 0 aromatic carbocycles. The minimum atomic E-state index is -0.364. The van der Waals surface area contributed by atoms with E-state index in [0.29, 0.717) is 16.7 Å². The zero-order valence-corrected chi connectivity index (χ0v) is 6.73. The highest BCUT2D eigenvalue weighted by Gasteiger charge is 2.00. The summed E-state index contributed by atoms with van der Waals surface area (Å²) < 4.78 is 12.7. The lowest BCUT2D eigenvalue weighted by molar-refractivity contribution is 0.609. The van der Waals surface area contributed by atoms with E-state index in [4.69, 9.17) is 5.73 Å². The van der Waals surface area contributed by atoms with Crippen LogP contribution in [0.4, 0.5) is 10.1 Å². The average molecular weight is 205 g/mol. The van der Waals surface area contributed by atoms with Crippen LogP contribution in [0, 0.1) is 5.82 Å². The van der Waals surface area contributed by atoms with Crippen LogP contribution in [0.1, 0.15) is 5.69 Å².